The van der Waals surface area contributed by atoms with Crippen molar-refractivity contribution in [3.8, 4) is 0 Å². The van der Waals surface area contributed by atoms with Crippen LogP contribution < -0.4 is 4.90 Å². The molecule has 7 heteroatoms. The molecular weight excluding hydrogens is 360 g/mol. The van der Waals surface area contributed by atoms with Crippen LogP contribution in [0.25, 0.3) is 0 Å². The molecule has 1 heterocycles. The van der Waals surface area contributed by atoms with E-state index in [-0.39, 0.29) is 12.3 Å². The molecule has 0 saturated carbocycles. The van der Waals surface area contributed by atoms with Crippen LogP contribution in [0.1, 0.15) is 22.8 Å². The van der Waals surface area contributed by atoms with E-state index in [1.54, 1.807) is 36.4 Å². The highest BCUT2D eigenvalue weighted by Gasteiger charge is 2.32. The molecule has 1 aliphatic rings. The SMILES string of the molecule is CCN(C(=O)COC(=O)CN1C(=O)Cc2ccccc2C1=O)c1ccccc1. The number of amides is 3. The fraction of sp³-hybridized carbons (Fsp3) is 0.238. The number of nitrogens with zero attached hydrogens (tertiary/aromatic N) is 2. The number of benzene rings is 2. The summed E-state index contributed by atoms with van der Waals surface area (Å²) in [4.78, 5) is 51.5. The van der Waals surface area contributed by atoms with Crippen LogP contribution in [0.2, 0.25) is 0 Å². The third-order valence-electron chi connectivity index (χ3n) is 4.46. The van der Waals surface area contributed by atoms with Crippen LogP contribution in [0.5, 0.6) is 0 Å². The number of anilines is 1. The summed E-state index contributed by atoms with van der Waals surface area (Å²) >= 11 is 0. The molecule has 0 fully saturated rings. The molecule has 7 nitrogen and oxygen atoms in total. The number of fused-ring (bicyclic) bond motifs is 1. The molecule has 0 aromatic heterocycles. The van der Waals surface area contributed by atoms with Crippen molar-refractivity contribution in [1.82, 2.24) is 4.90 Å². The zero-order chi connectivity index (χ0) is 20.1. The van der Waals surface area contributed by atoms with Crippen molar-refractivity contribution in [2.75, 3.05) is 24.6 Å². The summed E-state index contributed by atoms with van der Waals surface area (Å²) < 4.78 is 5.02. The molecule has 0 spiro atoms. The van der Waals surface area contributed by atoms with Gasteiger partial charge in [0.2, 0.25) is 5.91 Å². The van der Waals surface area contributed by atoms with Gasteiger partial charge in [0.25, 0.3) is 11.8 Å². The van der Waals surface area contributed by atoms with Gasteiger partial charge in [-0.25, -0.2) is 0 Å². The fourth-order valence-electron chi connectivity index (χ4n) is 3.07. The van der Waals surface area contributed by atoms with E-state index in [4.69, 9.17) is 4.74 Å². The number of hydrogen-bond donors (Lipinski definition) is 0. The highest BCUT2D eigenvalue weighted by molar-refractivity contribution is 6.11. The molecule has 0 aliphatic carbocycles. The first-order chi connectivity index (χ1) is 13.5. The second-order valence-corrected chi connectivity index (χ2v) is 6.25. The largest absolute Gasteiger partial charge is 0.454 e. The van der Waals surface area contributed by atoms with Gasteiger partial charge in [-0.1, -0.05) is 36.4 Å². The molecule has 0 unspecified atom stereocenters. The molecule has 1 aliphatic heterocycles. The Balaban J connectivity index is 1.59. The Bertz CT molecular complexity index is 910. The maximum Gasteiger partial charge on any atom is 0.326 e. The fourth-order valence-corrected chi connectivity index (χ4v) is 3.07. The van der Waals surface area contributed by atoms with E-state index in [2.05, 4.69) is 0 Å². The van der Waals surface area contributed by atoms with E-state index < -0.39 is 30.9 Å². The molecule has 28 heavy (non-hydrogen) atoms. The predicted octanol–water partition coefficient (Wildman–Crippen LogP) is 1.81. The van der Waals surface area contributed by atoms with Crippen molar-refractivity contribution in [2.24, 2.45) is 0 Å². The molecule has 0 bridgehead atoms. The standard InChI is InChI=1S/C21H20N2O5/c1-2-22(16-9-4-3-5-10-16)19(25)14-28-20(26)13-23-18(24)12-15-8-6-7-11-17(15)21(23)27/h3-11H,2,12-14H2,1H3. The monoisotopic (exact) mass is 380 g/mol. The van der Waals surface area contributed by atoms with Crippen LogP contribution >= 0.6 is 0 Å². The van der Waals surface area contributed by atoms with E-state index in [9.17, 15) is 19.2 Å². The maximum absolute atomic E-state index is 12.5. The minimum atomic E-state index is -0.807. The Labute approximate surface area is 162 Å². The number of rotatable bonds is 6. The lowest BCUT2D eigenvalue weighted by Gasteiger charge is -2.26. The Morgan fingerprint density at radius 1 is 1.04 bits per heavy atom. The number of para-hydroxylation sites is 1. The van der Waals surface area contributed by atoms with Gasteiger partial charge in [0.15, 0.2) is 6.61 Å². The van der Waals surface area contributed by atoms with Crippen molar-refractivity contribution in [3.05, 3.63) is 65.7 Å². The summed E-state index contributed by atoms with van der Waals surface area (Å²) in [6, 6.07) is 15.8. The van der Waals surface area contributed by atoms with Crippen LogP contribution in [-0.4, -0.2) is 48.3 Å². The van der Waals surface area contributed by atoms with Gasteiger partial charge in [-0.2, -0.15) is 0 Å². The van der Waals surface area contributed by atoms with E-state index >= 15 is 0 Å². The molecule has 144 valence electrons. The van der Waals surface area contributed by atoms with Gasteiger partial charge in [-0.05, 0) is 30.7 Å². The van der Waals surface area contributed by atoms with Crippen LogP contribution in [0.15, 0.2) is 54.6 Å². The van der Waals surface area contributed by atoms with E-state index in [1.807, 2.05) is 25.1 Å². The number of esters is 1. The average Bonchev–Trinajstić information content (AvgIpc) is 2.71. The second kappa shape index (κ2) is 8.47. The Morgan fingerprint density at radius 3 is 2.43 bits per heavy atom. The number of likely N-dealkylation sites (N-methyl/N-ethyl adjacent to an activating group) is 1. The van der Waals surface area contributed by atoms with Gasteiger partial charge in [-0.15, -0.1) is 0 Å². The third-order valence-corrected chi connectivity index (χ3v) is 4.46. The maximum atomic E-state index is 12.5. The van der Waals surface area contributed by atoms with Gasteiger partial charge in [0.05, 0.1) is 6.42 Å². The Kier molecular flexibility index (Phi) is 5.84. The number of imide groups is 1. The highest BCUT2D eigenvalue weighted by Crippen LogP contribution is 2.19. The first-order valence-corrected chi connectivity index (χ1v) is 8.95. The summed E-state index contributed by atoms with van der Waals surface area (Å²) in [5.41, 5.74) is 1.73. The lowest BCUT2D eigenvalue weighted by molar-refractivity contribution is -0.150. The second-order valence-electron chi connectivity index (χ2n) is 6.25. The van der Waals surface area contributed by atoms with Gasteiger partial charge in [0, 0.05) is 17.8 Å². The van der Waals surface area contributed by atoms with Crippen LogP contribution in [0.4, 0.5) is 5.69 Å². The molecular formula is C21H20N2O5. The normalized spacial score (nSPS) is 13.1. The summed E-state index contributed by atoms with van der Waals surface area (Å²) in [7, 11) is 0. The molecule has 0 atom stereocenters. The molecule has 3 rings (SSSR count). The lowest BCUT2D eigenvalue weighted by Crippen LogP contribution is -2.45. The van der Waals surface area contributed by atoms with Crippen molar-refractivity contribution in [2.45, 2.75) is 13.3 Å². The highest BCUT2D eigenvalue weighted by atomic mass is 16.5. The Morgan fingerprint density at radius 2 is 1.71 bits per heavy atom. The summed E-state index contributed by atoms with van der Waals surface area (Å²) in [5.74, 6) is -2.19. The van der Waals surface area contributed by atoms with Crippen molar-refractivity contribution >= 4 is 29.4 Å². The number of carbonyl (C=O) groups is 4. The van der Waals surface area contributed by atoms with E-state index in [0.717, 1.165) is 4.90 Å². The minimum Gasteiger partial charge on any atom is -0.454 e. The average molecular weight is 380 g/mol. The molecule has 2 aromatic rings. The lowest BCUT2D eigenvalue weighted by atomic mass is 9.98. The molecule has 2 aromatic carbocycles. The van der Waals surface area contributed by atoms with Crippen molar-refractivity contribution in [3.63, 3.8) is 0 Å². The number of carbonyl (C=O) groups excluding carboxylic acids is 4. The zero-order valence-corrected chi connectivity index (χ0v) is 15.5. The quantitative estimate of drug-likeness (QED) is 0.564. The van der Waals surface area contributed by atoms with Crippen LogP contribution in [0.3, 0.4) is 0 Å². The molecule has 0 radical (unpaired) electrons. The van der Waals surface area contributed by atoms with Crippen molar-refractivity contribution < 1.29 is 23.9 Å². The van der Waals surface area contributed by atoms with Crippen LogP contribution in [0, 0.1) is 0 Å². The van der Waals surface area contributed by atoms with Gasteiger partial charge in [0.1, 0.15) is 6.54 Å². The summed E-state index contributed by atoms with van der Waals surface area (Å²) in [5, 5.41) is 0. The number of hydrogen-bond acceptors (Lipinski definition) is 5. The first kappa shape index (κ1) is 19.3. The van der Waals surface area contributed by atoms with Gasteiger partial charge >= 0.3 is 5.97 Å². The zero-order valence-electron chi connectivity index (χ0n) is 15.5. The van der Waals surface area contributed by atoms with Crippen LogP contribution in [-0.2, 0) is 25.5 Å². The van der Waals surface area contributed by atoms with Gasteiger partial charge < -0.3 is 9.64 Å². The predicted molar refractivity (Wildman–Crippen MR) is 102 cm³/mol. The Hall–Kier alpha value is -3.48. The topological polar surface area (TPSA) is 84.0 Å². The van der Waals surface area contributed by atoms with Crippen molar-refractivity contribution in [1.29, 1.82) is 0 Å². The summed E-state index contributed by atoms with van der Waals surface area (Å²) in [6.07, 6.45) is 0.0474. The summed E-state index contributed by atoms with van der Waals surface area (Å²) in [6.45, 7) is 1.25. The first-order valence-electron chi connectivity index (χ1n) is 8.95. The third kappa shape index (κ3) is 4.09. The van der Waals surface area contributed by atoms with Gasteiger partial charge in [-0.3, -0.25) is 24.1 Å². The smallest absolute Gasteiger partial charge is 0.326 e. The van der Waals surface area contributed by atoms with E-state index in [0.29, 0.717) is 23.4 Å². The molecule has 0 saturated heterocycles. The number of ether oxygens (including phenoxy) is 1. The molecule has 3 amide bonds. The van der Waals surface area contributed by atoms with E-state index in [1.165, 1.54) is 4.90 Å². The molecule has 0 N–H and O–H groups in total. The minimum absolute atomic E-state index is 0.0474.